The van der Waals surface area contributed by atoms with Gasteiger partial charge >= 0.3 is 0 Å². The predicted molar refractivity (Wildman–Crippen MR) is 61.5 cm³/mol. The maximum Gasteiger partial charge on any atom is 0.0491 e. The molecule has 0 saturated heterocycles. The van der Waals surface area contributed by atoms with Crippen LogP contribution in [0.4, 0.5) is 0 Å². The van der Waals surface area contributed by atoms with E-state index >= 15 is 0 Å². The maximum atomic E-state index is 5.94. The molecule has 0 aromatic heterocycles. The highest BCUT2D eigenvalue weighted by Crippen LogP contribution is 2.23. The van der Waals surface area contributed by atoms with Gasteiger partial charge in [0.2, 0.25) is 0 Å². The molecule has 1 aromatic carbocycles. The van der Waals surface area contributed by atoms with Gasteiger partial charge in [-0.1, -0.05) is 23.7 Å². The summed E-state index contributed by atoms with van der Waals surface area (Å²) < 4.78 is 0. The van der Waals surface area contributed by atoms with Gasteiger partial charge in [0.15, 0.2) is 0 Å². The molecule has 0 amide bonds. The Bertz CT molecular complexity index is 289. The number of hydrogen-bond donors (Lipinski definition) is 1. The van der Waals surface area contributed by atoms with Crippen molar-refractivity contribution in [3.05, 3.63) is 34.9 Å². The molecule has 0 aliphatic rings. The molecule has 2 atom stereocenters. The number of nitrogens with zero attached hydrogens (tertiary/aromatic N) is 1. The van der Waals surface area contributed by atoms with Crippen LogP contribution in [0.1, 0.15) is 18.5 Å². The Kier molecular flexibility index (Phi) is 3.93. The molecular formula is C11H17ClN2. The highest BCUT2D eigenvalue weighted by Gasteiger charge is 2.18. The van der Waals surface area contributed by atoms with E-state index in [9.17, 15) is 0 Å². The topological polar surface area (TPSA) is 29.3 Å². The van der Waals surface area contributed by atoms with Crippen LogP contribution in [0.2, 0.25) is 5.02 Å². The van der Waals surface area contributed by atoms with Gasteiger partial charge in [-0.05, 0) is 38.7 Å². The zero-order chi connectivity index (χ0) is 10.7. The van der Waals surface area contributed by atoms with E-state index < -0.39 is 0 Å². The van der Waals surface area contributed by atoms with E-state index in [1.165, 1.54) is 0 Å². The monoisotopic (exact) mass is 212 g/mol. The van der Waals surface area contributed by atoms with Crippen molar-refractivity contribution >= 4 is 11.6 Å². The van der Waals surface area contributed by atoms with Crippen LogP contribution >= 0.6 is 11.6 Å². The van der Waals surface area contributed by atoms with Crippen LogP contribution in [0.25, 0.3) is 0 Å². The number of likely N-dealkylation sites (N-methyl/N-ethyl adjacent to an activating group) is 1. The fraction of sp³-hybridized carbons (Fsp3) is 0.455. The summed E-state index contributed by atoms with van der Waals surface area (Å²) in [5, 5.41) is 0.759. The largest absolute Gasteiger partial charge is 0.326 e. The minimum absolute atomic E-state index is 0.0865. The van der Waals surface area contributed by atoms with E-state index in [0.29, 0.717) is 0 Å². The van der Waals surface area contributed by atoms with Gasteiger partial charge in [0.25, 0.3) is 0 Å². The van der Waals surface area contributed by atoms with Gasteiger partial charge < -0.3 is 10.6 Å². The Morgan fingerprint density at radius 1 is 1.36 bits per heavy atom. The molecule has 0 spiro atoms. The van der Waals surface area contributed by atoms with E-state index in [1.807, 2.05) is 39.2 Å². The molecule has 0 aliphatic carbocycles. The first-order valence-corrected chi connectivity index (χ1v) is 5.07. The van der Waals surface area contributed by atoms with Crippen molar-refractivity contribution in [2.24, 2.45) is 5.73 Å². The summed E-state index contributed by atoms with van der Waals surface area (Å²) in [4.78, 5) is 2.11. The van der Waals surface area contributed by atoms with E-state index in [2.05, 4.69) is 11.0 Å². The summed E-state index contributed by atoms with van der Waals surface area (Å²) in [6.45, 7) is 2.01. The fourth-order valence-electron chi connectivity index (χ4n) is 1.76. The van der Waals surface area contributed by atoms with Crippen LogP contribution in [0.3, 0.4) is 0 Å². The molecule has 0 aliphatic heterocycles. The van der Waals surface area contributed by atoms with Gasteiger partial charge in [-0.15, -0.1) is 0 Å². The zero-order valence-corrected chi connectivity index (χ0v) is 9.62. The molecule has 1 aromatic rings. The average molecular weight is 213 g/mol. The number of benzene rings is 1. The first-order chi connectivity index (χ1) is 6.52. The molecule has 14 heavy (non-hydrogen) atoms. The lowest BCUT2D eigenvalue weighted by Crippen LogP contribution is -2.34. The Balaban J connectivity index is 2.99. The second-order valence-electron chi connectivity index (χ2n) is 3.82. The molecular weight excluding hydrogens is 196 g/mol. The highest BCUT2D eigenvalue weighted by molar-refractivity contribution is 6.30. The van der Waals surface area contributed by atoms with E-state index in [-0.39, 0.29) is 12.1 Å². The summed E-state index contributed by atoms with van der Waals surface area (Å²) in [7, 11) is 4.05. The van der Waals surface area contributed by atoms with Gasteiger partial charge in [0.1, 0.15) is 0 Å². The first kappa shape index (κ1) is 11.5. The summed E-state index contributed by atoms with van der Waals surface area (Å²) in [6.07, 6.45) is 0. The average Bonchev–Trinajstić information content (AvgIpc) is 2.02. The Hall–Kier alpha value is -0.570. The fourth-order valence-corrected chi connectivity index (χ4v) is 1.96. The van der Waals surface area contributed by atoms with Crippen LogP contribution in [-0.2, 0) is 0 Å². The molecule has 2 nitrogen and oxygen atoms in total. The molecule has 0 heterocycles. The van der Waals surface area contributed by atoms with Crippen molar-refractivity contribution < 1.29 is 0 Å². The molecule has 78 valence electrons. The molecule has 0 bridgehead atoms. The van der Waals surface area contributed by atoms with E-state index in [1.54, 1.807) is 0 Å². The third-order valence-corrected chi connectivity index (χ3v) is 2.48. The third-order valence-electron chi connectivity index (χ3n) is 2.24. The van der Waals surface area contributed by atoms with Gasteiger partial charge in [0.05, 0.1) is 0 Å². The first-order valence-electron chi connectivity index (χ1n) is 4.70. The van der Waals surface area contributed by atoms with Crippen LogP contribution in [0.5, 0.6) is 0 Å². The molecule has 3 heteroatoms. The quantitative estimate of drug-likeness (QED) is 0.833. The Morgan fingerprint density at radius 2 is 2.00 bits per heavy atom. The summed E-state index contributed by atoms with van der Waals surface area (Å²) >= 11 is 5.94. The van der Waals surface area contributed by atoms with Crippen molar-refractivity contribution in [1.29, 1.82) is 0 Å². The van der Waals surface area contributed by atoms with E-state index in [4.69, 9.17) is 17.3 Å². The maximum absolute atomic E-state index is 5.94. The van der Waals surface area contributed by atoms with Crippen LogP contribution in [-0.4, -0.2) is 25.0 Å². The van der Waals surface area contributed by atoms with Crippen LogP contribution in [0, 0.1) is 0 Å². The molecule has 2 unspecified atom stereocenters. The lowest BCUT2D eigenvalue weighted by atomic mass is 10.0. The zero-order valence-electron chi connectivity index (χ0n) is 8.87. The van der Waals surface area contributed by atoms with Crippen molar-refractivity contribution in [3.8, 4) is 0 Å². The number of halogens is 1. The van der Waals surface area contributed by atoms with Crippen molar-refractivity contribution in [2.75, 3.05) is 14.1 Å². The van der Waals surface area contributed by atoms with Crippen LogP contribution < -0.4 is 5.73 Å². The minimum atomic E-state index is 0.0865. The summed E-state index contributed by atoms with van der Waals surface area (Å²) in [6, 6.07) is 8.16. The van der Waals surface area contributed by atoms with E-state index in [0.717, 1.165) is 10.6 Å². The van der Waals surface area contributed by atoms with Crippen molar-refractivity contribution in [1.82, 2.24) is 4.90 Å². The van der Waals surface area contributed by atoms with Crippen LogP contribution in [0.15, 0.2) is 24.3 Å². The standard InChI is InChI=1S/C11H17ClN2/c1-8(13)11(14(2)3)9-5-4-6-10(12)7-9/h4-8,11H,13H2,1-3H3. The second-order valence-corrected chi connectivity index (χ2v) is 4.26. The number of hydrogen-bond acceptors (Lipinski definition) is 2. The van der Waals surface area contributed by atoms with Gasteiger partial charge in [-0.25, -0.2) is 0 Å². The summed E-state index contributed by atoms with van der Waals surface area (Å²) in [5.41, 5.74) is 7.10. The third kappa shape index (κ3) is 2.71. The van der Waals surface area contributed by atoms with Crippen molar-refractivity contribution in [3.63, 3.8) is 0 Å². The molecule has 1 rings (SSSR count). The normalized spacial score (nSPS) is 15.6. The smallest absolute Gasteiger partial charge is 0.0491 e. The lowest BCUT2D eigenvalue weighted by Gasteiger charge is -2.28. The van der Waals surface area contributed by atoms with Crippen molar-refractivity contribution in [2.45, 2.75) is 19.0 Å². The lowest BCUT2D eigenvalue weighted by molar-refractivity contribution is 0.266. The predicted octanol–water partition coefficient (Wildman–Crippen LogP) is 2.29. The molecule has 0 saturated carbocycles. The Labute approximate surface area is 90.7 Å². The number of nitrogens with two attached hydrogens (primary N) is 1. The molecule has 2 N–H and O–H groups in total. The Morgan fingerprint density at radius 3 is 2.43 bits per heavy atom. The van der Waals surface area contributed by atoms with Gasteiger partial charge in [-0.2, -0.15) is 0 Å². The second kappa shape index (κ2) is 4.78. The molecule has 0 fully saturated rings. The van der Waals surface area contributed by atoms with Gasteiger partial charge in [0, 0.05) is 17.1 Å². The summed E-state index contributed by atoms with van der Waals surface area (Å²) in [5.74, 6) is 0. The molecule has 0 radical (unpaired) electrons. The highest BCUT2D eigenvalue weighted by atomic mass is 35.5. The van der Waals surface area contributed by atoms with Gasteiger partial charge in [-0.3, -0.25) is 0 Å². The SMILES string of the molecule is CC(N)C(c1cccc(Cl)c1)N(C)C. The number of rotatable bonds is 3. The minimum Gasteiger partial charge on any atom is -0.326 e.